The second kappa shape index (κ2) is 12.5. The van der Waals surface area contributed by atoms with E-state index in [0.29, 0.717) is 24.1 Å². The van der Waals surface area contributed by atoms with E-state index < -0.39 is 22.8 Å². The average Bonchev–Trinajstić information content (AvgIpc) is 2.81. The van der Waals surface area contributed by atoms with Crippen molar-refractivity contribution in [3.8, 4) is 0 Å². The van der Waals surface area contributed by atoms with Crippen LogP contribution >= 0.6 is 0 Å². The van der Waals surface area contributed by atoms with E-state index in [2.05, 4.69) is 13.8 Å². The highest BCUT2D eigenvalue weighted by atomic mass is 16.4. The molecule has 0 N–H and O–H groups in total. The molecule has 0 fully saturated rings. The number of aryl methyl sites for hydroxylation is 2. The zero-order chi connectivity index (χ0) is 24.5. The summed E-state index contributed by atoms with van der Waals surface area (Å²) in [5.74, 6) is -1.45. The Kier molecular flexibility index (Phi) is 9.48. The summed E-state index contributed by atoms with van der Waals surface area (Å²) in [5, 5.41) is 0.269. The highest BCUT2D eigenvalue weighted by molar-refractivity contribution is 5.93. The maximum Gasteiger partial charge on any atom is 0.422 e. The molecule has 0 bridgehead atoms. The minimum absolute atomic E-state index is 0.134. The number of fused-ring (bicyclic) bond motifs is 2. The van der Waals surface area contributed by atoms with Crippen LogP contribution in [-0.4, -0.2) is 9.13 Å². The molecule has 0 saturated carbocycles. The van der Waals surface area contributed by atoms with E-state index in [-0.39, 0.29) is 10.8 Å². The van der Waals surface area contributed by atoms with Crippen molar-refractivity contribution < 1.29 is 8.83 Å². The largest absolute Gasteiger partial charge is 0.422 e. The molecule has 2 heterocycles. The van der Waals surface area contributed by atoms with E-state index in [4.69, 9.17) is 8.83 Å². The molecule has 0 unspecified atom stereocenters. The van der Waals surface area contributed by atoms with Crippen molar-refractivity contribution in [3.05, 3.63) is 54.1 Å². The Balaban J connectivity index is 1.97. The zero-order valence-corrected chi connectivity index (χ0v) is 20.4. The number of rotatable bonds is 14. The third-order valence-electron chi connectivity index (χ3n) is 6.41. The van der Waals surface area contributed by atoms with Gasteiger partial charge >= 0.3 is 22.8 Å². The van der Waals surface area contributed by atoms with Crippen LogP contribution in [0.15, 0.2) is 40.1 Å². The van der Waals surface area contributed by atoms with Gasteiger partial charge in [-0.15, -0.1) is 0 Å². The minimum Gasteiger partial charge on any atom is -0.372 e. The van der Waals surface area contributed by atoms with Crippen molar-refractivity contribution in [1.82, 2.24) is 9.13 Å². The quantitative estimate of drug-likeness (QED) is 0.243. The number of hydrogen-bond acceptors (Lipinski definition) is 6. The smallest absolute Gasteiger partial charge is 0.372 e. The van der Waals surface area contributed by atoms with Crippen molar-refractivity contribution in [2.24, 2.45) is 0 Å². The van der Waals surface area contributed by atoms with E-state index in [1.165, 1.54) is 28.0 Å². The lowest BCUT2D eigenvalue weighted by atomic mass is 10.1. The first kappa shape index (κ1) is 25.7. The normalized spacial score (nSPS) is 11.6. The summed E-state index contributed by atoms with van der Waals surface area (Å²) in [6.45, 7) is 5.13. The Morgan fingerprint density at radius 1 is 0.559 bits per heavy atom. The van der Waals surface area contributed by atoms with E-state index >= 15 is 0 Å². The lowest BCUT2D eigenvalue weighted by molar-refractivity contribution is 0.405. The summed E-state index contributed by atoms with van der Waals surface area (Å²) in [5.41, 5.74) is -0.837. The molecule has 0 radical (unpaired) electrons. The van der Waals surface area contributed by atoms with Gasteiger partial charge in [-0.25, -0.2) is 19.2 Å². The zero-order valence-electron chi connectivity index (χ0n) is 20.4. The molecule has 0 amide bonds. The van der Waals surface area contributed by atoms with Crippen molar-refractivity contribution in [2.45, 2.75) is 104 Å². The van der Waals surface area contributed by atoms with Gasteiger partial charge in [-0.1, -0.05) is 78.1 Å². The molecule has 0 spiro atoms. The summed E-state index contributed by atoms with van der Waals surface area (Å²) in [4.78, 5) is 49.9. The summed E-state index contributed by atoms with van der Waals surface area (Å²) in [6, 6.07) is 2.98. The predicted octanol–water partition coefficient (Wildman–Crippen LogP) is 4.94. The van der Waals surface area contributed by atoms with Crippen LogP contribution in [0.5, 0.6) is 0 Å². The minimum atomic E-state index is -0.797. The highest BCUT2D eigenvalue weighted by Crippen LogP contribution is 2.19. The van der Waals surface area contributed by atoms with Crippen molar-refractivity contribution in [1.29, 1.82) is 0 Å². The molecule has 0 aliphatic rings. The molecule has 2 aromatic heterocycles. The van der Waals surface area contributed by atoms with Gasteiger partial charge in [0.05, 0.1) is 21.8 Å². The van der Waals surface area contributed by atoms with Crippen LogP contribution in [0.25, 0.3) is 21.8 Å². The van der Waals surface area contributed by atoms with Gasteiger partial charge in [0.1, 0.15) is 0 Å². The van der Waals surface area contributed by atoms with Crippen molar-refractivity contribution in [3.63, 3.8) is 0 Å². The lowest BCUT2D eigenvalue weighted by Crippen LogP contribution is -2.28. The highest BCUT2D eigenvalue weighted by Gasteiger charge is 2.16. The molecule has 34 heavy (non-hydrogen) atoms. The Hall–Kier alpha value is -2.90. The van der Waals surface area contributed by atoms with Gasteiger partial charge in [0.25, 0.3) is 0 Å². The monoisotopic (exact) mass is 472 g/mol. The standard InChI is InChI=1S/C26H36N2O6/c1-3-5-7-9-11-13-15-27-21-18-22-20(17-19(21)23(29)33-25(27)31)24(30)34-26(32)28(22)16-14-12-10-8-6-4-2/h17-18H,3-16H2,1-2H3. The third kappa shape index (κ3) is 6.15. The second-order valence-corrected chi connectivity index (χ2v) is 9.04. The molecule has 0 atom stereocenters. The van der Waals surface area contributed by atoms with Gasteiger partial charge in [0.2, 0.25) is 0 Å². The molecule has 186 valence electrons. The number of benzene rings is 1. The molecule has 8 heteroatoms. The Morgan fingerprint density at radius 2 is 0.941 bits per heavy atom. The first-order valence-corrected chi connectivity index (χ1v) is 12.7. The molecular formula is C26H36N2O6. The first-order chi connectivity index (χ1) is 16.5. The Morgan fingerprint density at radius 3 is 1.35 bits per heavy atom. The van der Waals surface area contributed by atoms with Gasteiger partial charge in [0, 0.05) is 13.1 Å². The van der Waals surface area contributed by atoms with E-state index in [1.807, 2.05) is 0 Å². The average molecular weight is 473 g/mol. The van der Waals surface area contributed by atoms with E-state index in [1.54, 1.807) is 6.07 Å². The van der Waals surface area contributed by atoms with Gasteiger partial charge < -0.3 is 8.83 Å². The number of aromatic nitrogens is 2. The van der Waals surface area contributed by atoms with Gasteiger partial charge in [-0.2, -0.15) is 0 Å². The summed E-state index contributed by atoms with van der Waals surface area (Å²) >= 11 is 0. The maximum atomic E-state index is 12.5. The first-order valence-electron chi connectivity index (χ1n) is 12.7. The molecular weight excluding hydrogens is 436 g/mol. The summed E-state index contributed by atoms with van der Waals surface area (Å²) in [6.07, 6.45) is 12.6. The van der Waals surface area contributed by atoms with Gasteiger partial charge in [-0.3, -0.25) is 9.13 Å². The maximum absolute atomic E-state index is 12.5. The van der Waals surface area contributed by atoms with E-state index in [0.717, 1.165) is 64.2 Å². The molecule has 0 saturated heterocycles. The topological polar surface area (TPSA) is 104 Å². The van der Waals surface area contributed by atoms with Crippen molar-refractivity contribution >= 4 is 21.8 Å². The number of unbranched alkanes of at least 4 members (excludes halogenated alkanes) is 10. The van der Waals surface area contributed by atoms with Crippen LogP contribution in [-0.2, 0) is 13.1 Å². The molecule has 0 aliphatic heterocycles. The lowest BCUT2D eigenvalue weighted by Gasteiger charge is -2.12. The molecule has 3 aromatic rings. The van der Waals surface area contributed by atoms with Crippen LogP contribution in [0.2, 0.25) is 0 Å². The Bertz CT molecular complexity index is 1230. The fourth-order valence-corrected chi connectivity index (χ4v) is 4.45. The van der Waals surface area contributed by atoms with Gasteiger partial charge in [-0.05, 0) is 25.0 Å². The van der Waals surface area contributed by atoms with Crippen LogP contribution < -0.4 is 22.8 Å². The van der Waals surface area contributed by atoms with Crippen LogP contribution in [0.1, 0.15) is 90.9 Å². The van der Waals surface area contributed by atoms with Crippen LogP contribution in [0.4, 0.5) is 0 Å². The van der Waals surface area contributed by atoms with Crippen molar-refractivity contribution in [2.75, 3.05) is 0 Å². The SMILES string of the molecule is CCCCCCCCn1c(=O)oc(=O)c2cc3c(=O)oc(=O)n(CCCCCCCC)c3cc21. The number of hydrogen-bond donors (Lipinski definition) is 0. The summed E-state index contributed by atoms with van der Waals surface area (Å²) in [7, 11) is 0. The van der Waals surface area contributed by atoms with Gasteiger partial charge in [0.15, 0.2) is 0 Å². The molecule has 3 rings (SSSR count). The molecule has 1 aromatic carbocycles. The molecule has 8 nitrogen and oxygen atoms in total. The van der Waals surface area contributed by atoms with Crippen LogP contribution in [0.3, 0.4) is 0 Å². The number of nitrogens with zero attached hydrogens (tertiary/aromatic N) is 2. The fraction of sp³-hybridized carbons (Fsp3) is 0.615. The van der Waals surface area contributed by atoms with E-state index in [9.17, 15) is 19.2 Å². The predicted molar refractivity (Wildman–Crippen MR) is 134 cm³/mol. The third-order valence-corrected chi connectivity index (χ3v) is 6.41. The Labute approximate surface area is 198 Å². The fourth-order valence-electron chi connectivity index (χ4n) is 4.45. The second-order valence-electron chi connectivity index (χ2n) is 9.04. The molecule has 0 aliphatic carbocycles. The van der Waals surface area contributed by atoms with Crippen LogP contribution in [0, 0.1) is 0 Å². The summed E-state index contributed by atoms with van der Waals surface area (Å²) < 4.78 is 12.7.